The summed E-state index contributed by atoms with van der Waals surface area (Å²) in [5, 5.41) is 3.82. The zero-order valence-electron chi connectivity index (χ0n) is 25.0. The Kier molecular flexibility index (Phi) is 7.12. The molecule has 6 heterocycles. The molecule has 0 amide bonds. The molecule has 9 nitrogen and oxygen atoms in total. The topological polar surface area (TPSA) is 122 Å². The second-order valence-corrected chi connectivity index (χ2v) is 10.8. The van der Waals surface area contributed by atoms with E-state index in [0.29, 0.717) is 45.9 Å². The Balaban J connectivity index is 0.000000420. The van der Waals surface area contributed by atoms with Crippen LogP contribution in [0, 0.1) is 0 Å². The number of pyridine rings is 1. The van der Waals surface area contributed by atoms with Gasteiger partial charge in [0.25, 0.3) is 0 Å². The van der Waals surface area contributed by atoms with Crippen LogP contribution in [0.4, 0.5) is 0 Å². The third kappa shape index (κ3) is 4.96. The van der Waals surface area contributed by atoms with Gasteiger partial charge in [-0.15, -0.1) is 0 Å². The van der Waals surface area contributed by atoms with Crippen molar-refractivity contribution in [2.45, 2.75) is 0 Å². The maximum absolute atomic E-state index is 5.02. The molecule has 0 saturated heterocycles. The number of benzene rings is 4. The number of rotatable bonds is 0. The quantitative estimate of drug-likeness (QED) is 0.159. The summed E-state index contributed by atoms with van der Waals surface area (Å²) in [6.45, 7) is 0. The van der Waals surface area contributed by atoms with Crippen LogP contribution >= 0.6 is 0 Å². The number of hydrogen-bond acceptors (Lipinski definition) is 7. The van der Waals surface area contributed by atoms with Crippen molar-refractivity contribution in [1.29, 1.82) is 0 Å². The van der Waals surface area contributed by atoms with Crippen molar-refractivity contribution in [3.8, 4) is 45.6 Å². The molecule has 4 aromatic carbocycles. The summed E-state index contributed by atoms with van der Waals surface area (Å²) >= 11 is 0. The molecule has 0 aliphatic carbocycles. The smallest absolute Gasteiger partial charge is 0.164 e. The molecule has 0 radical (unpaired) electrons. The van der Waals surface area contributed by atoms with Crippen molar-refractivity contribution < 1.29 is 19.5 Å². The van der Waals surface area contributed by atoms with Gasteiger partial charge in [0.15, 0.2) is 23.3 Å². The predicted molar refractivity (Wildman–Crippen MR) is 180 cm³/mol. The van der Waals surface area contributed by atoms with Crippen LogP contribution < -0.4 is 0 Å². The number of H-pyrrole nitrogens is 2. The Morgan fingerprint density at radius 3 is 0.872 bits per heavy atom. The SMILES string of the molecule is [Zn].c1ccc2c(c1)-c1nc-2nc2[nH]c(nc3nc(nc4[nH]c(n1)c1ccccc41)-c1ccccc1-3)c1ccccc21.c1ccncc1. The van der Waals surface area contributed by atoms with Gasteiger partial charge in [0.1, 0.15) is 22.6 Å². The van der Waals surface area contributed by atoms with E-state index in [9.17, 15) is 0 Å². The van der Waals surface area contributed by atoms with E-state index in [1.807, 2.05) is 115 Å². The Bertz CT molecular complexity index is 2260. The Labute approximate surface area is 280 Å². The zero-order valence-corrected chi connectivity index (χ0v) is 27.9. The molecule has 2 aliphatic heterocycles. The van der Waals surface area contributed by atoms with Crippen molar-refractivity contribution in [2.24, 2.45) is 0 Å². The van der Waals surface area contributed by atoms with Crippen molar-refractivity contribution in [3.05, 3.63) is 128 Å². The number of aromatic nitrogens is 9. The predicted octanol–water partition coefficient (Wildman–Crippen LogP) is 7.95. The number of nitrogens with zero attached hydrogens (tertiary/aromatic N) is 7. The monoisotopic (exact) mass is 657 g/mol. The van der Waals surface area contributed by atoms with E-state index in [2.05, 4.69) is 15.0 Å². The molecular weight excluding hydrogens is 636 g/mol. The molecule has 4 aromatic heterocycles. The van der Waals surface area contributed by atoms with E-state index in [4.69, 9.17) is 29.9 Å². The van der Waals surface area contributed by atoms with Gasteiger partial charge in [-0.2, -0.15) is 0 Å². The Morgan fingerprint density at radius 1 is 0.319 bits per heavy atom. The Morgan fingerprint density at radius 2 is 0.617 bits per heavy atom. The summed E-state index contributed by atoms with van der Waals surface area (Å²) in [4.78, 5) is 40.6. The van der Waals surface area contributed by atoms with Gasteiger partial charge >= 0.3 is 0 Å². The molecular formula is C37H23N9Zn. The molecule has 10 heteroatoms. The van der Waals surface area contributed by atoms with Crippen LogP contribution in [0.2, 0.25) is 0 Å². The van der Waals surface area contributed by atoms with Gasteiger partial charge < -0.3 is 9.97 Å². The standard InChI is InChI=1S/C32H18N8.C5H5N.Zn/c1-2-10-18-17(9-1)25-33-26(18)38-28-21-13-5-6-14-22(21)30(35-28)40-32-24-16-8-7-15-23(24)31(36-32)39-29-20-12-4-3-11-19(20)27(34-29)37-25;1-2-4-6-5-3-1;/h1-16H,(H2,33,34,35,36,37,38,39,40);1-5H;. The Hall–Kier alpha value is -5.99. The molecule has 0 atom stereocenters. The molecule has 8 bridgehead atoms. The number of fused-ring (bicyclic) bond motifs is 20. The average Bonchev–Trinajstić information content (AvgIpc) is 3.85. The van der Waals surface area contributed by atoms with E-state index in [1.54, 1.807) is 12.4 Å². The molecule has 8 aromatic rings. The minimum absolute atomic E-state index is 0. The summed E-state index contributed by atoms with van der Waals surface area (Å²) < 4.78 is 0. The fraction of sp³-hybridized carbons (Fsp3) is 0. The van der Waals surface area contributed by atoms with Gasteiger partial charge in [-0.05, 0) is 12.1 Å². The van der Waals surface area contributed by atoms with Gasteiger partial charge in [0.2, 0.25) is 0 Å². The van der Waals surface area contributed by atoms with Gasteiger partial charge in [-0.3, -0.25) is 4.98 Å². The van der Waals surface area contributed by atoms with Crippen LogP contribution in [0.25, 0.3) is 89.7 Å². The average molecular weight is 659 g/mol. The first-order valence-corrected chi connectivity index (χ1v) is 14.8. The summed E-state index contributed by atoms with van der Waals surface area (Å²) in [6.07, 6.45) is 3.50. The number of hydrogen-bond donors (Lipinski definition) is 2. The minimum atomic E-state index is 0. The molecule has 2 N–H and O–H groups in total. The maximum Gasteiger partial charge on any atom is 0.164 e. The van der Waals surface area contributed by atoms with E-state index in [1.165, 1.54) is 0 Å². The zero-order chi connectivity index (χ0) is 30.5. The van der Waals surface area contributed by atoms with E-state index in [0.717, 1.165) is 43.8 Å². The molecule has 218 valence electrons. The fourth-order valence-corrected chi connectivity index (χ4v) is 5.90. The second kappa shape index (κ2) is 11.7. The summed E-state index contributed by atoms with van der Waals surface area (Å²) in [7, 11) is 0. The second-order valence-electron chi connectivity index (χ2n) is 10.8. The molecule has 0 unspecified atom stereocenters. The number of aromatic amines is 2. The summed E-state index contributed by atoms with van der Waals surface area (Å²) in [5.74, 6) is 2.39. The normalized spacial score (nSPS) is 11.2. The molecule has 0 fully saturated rings. The first-order chi connectivity index (χ1) is 22.8. The van der Waals surface area contributed by atoms with Crippen molar-refractivity contribution in [1.82, 2.24) is 44.9 Å². The van der Waals surface area contributed by atoms with Gasteiger partial charge in [0.05, 0.1) is 0 Å². The largest absolute Gasteiger partial charge is 0.324 e. The van der Waals surface area contributed by atoms with Crippen LogP contribution in [0.1, 0.15) is 0 Å². The van der Waals surface area contributed by atoms with Crippen molar-refractivity contribution in [3.63, 3.8) is 0 Å². The van der Waals surface area contributed by atoms with E-state index in [-0.39, 0.29) is 19.5 Å². The van der Waals surface area contributed by atoms with Gasteiger partial charge in [-0.25, -0.2) is 29.9 Å². The minimum Gasteiger partial charge on any atom is -0.324 e. The van der Waals surface area contributed by atoms with Crippen molar-refractivity contribution >= 4 is 44.1 Å². The van der Waals surface area contributed by atoms with Crippen LogP contribution in [0.5, 0.6) is 0 Å². The van der Waals surface area contributed by atoms with Crippen LogP contribution in [0.3, 0.4) is 0 Å². The molecule has 0 spiro atoms. The fourth-order valence-electron chi connectivity index (χ4n) is 5.90. The van der Waals surface area contributed by atoms with Crippen molar-refractivity contribution in [2.75, 3.05) is 0 Å². The van der Waals surface area contributed by atoms with Crippen LogP contribution in [-0.4, -0.2) is 44.9 Å². The van der Waals surface area contributed by atoms with Gasteiger partial charge in [0, 0.05) is 75.7 Å². The first kappa shape index (κ1) is 28.5. The maximum atomic E-state index is 5.02. The molecule has 10 rings (SSSR count). The first-order valence-electron chi connectivity index (χ1n) is 14.8. The van der Waals surface area contributed by atoms with Gasteiger partial charge in [-0.1, -0.05) is 103 Å². The third-order valence-corrected chi connectivity index (χ3v) is 8.03. The number of nitrogens with one attached hydrogen (secondary N) is 2. The molecule has 47 heavy (non-hydrogen) atoms. The van der Waals surface area contributed by atoms with Crippen LogP contribution in [0.15, 0.2) is 128 Å². The summed E-state index contributed by atoms with van der Waals surface area (Å²) in [6, 6.07) is 38.0. The van der Waals surface area contributed by atoms with Crippen LogP contribution in [-0.2, 0) is 19.5 Å². The van der Waals surface area contributed by atoms with E-state index < -0.39 is 0 Å². The van der Waals surface area contributed by atoms with E-state index >= 15 is 0 Å². The molecule has 2 aliphatic rings. The third-order valence-electron chi connectivity index (χ3n) is 8.03. The summed E-state index contributed by atoms with van der Waals surface area (Å²) in [5.41, 5.74) is 6.45. The molecule has 0 saturated carbocycles.